The summed E-state index contributed by atoms with van der Waals surface area (Å²) in [7, 11) is 0. The first-order valence-electron chi connectivity index (χ1n) is 9.45. The third-order valence-corrected chi connectivity index (χ3v) is 6.86. The number of nitrogens with zero attached hydrogens (tertiary/aromatic N) is 2. The molecule has 2 aromatic carbocycles. The van der Waals surface area contributed by atoms with Crippen molar-refractivity contribution < 1.29 is 18.7 Å². The molecule has 0 aliphatic carbocycles. The zero-order valence-corrected chi connectivity index (χ0v) is 16.7. The number of hydrogen-bond donors (Lipinski definition) is 2. The highest BCUT2D eigenvalue weighted by molar-refractivity contribution is 8.15. The van der Waals surface area contributed by atoms with Gasteiger partial charge in [0.1, 0.15) is 21.5 Å². The lowest BCUT2D eigenvalue weighted by Gasteiger charge is -2.46. The van der Waals surface area contributed by atoms with Gasteiger partial charge in [-0.3, -0.25) is 4.79 Å². The summed E-state index contributed by atoms with van der Waals surface area (Å²) in [5.41, 5.74) is 1.78. The molecule has 5 nitrogen and oxygen atoms in total. The maximum atomic E-state index is 14.5. The maximum Gasteiger partial charge on any atom is 0.241 e. The number of aliphatic hydroxyl groups excluding tert-OH is 1. The van der Waals surface area contributed by atoms with Crippen molar-refractivity contribution in [3.05, 3.63) is 65.2 Å². The third kappa shape index (κ3) is 3.30. The van der Waals surface area contributed by atoms with Crippen molar-refractivity contribution >= 4 is 28.4 Å². The quantitative estimate of drug-likeness (QED) is 0.792. The number of amides is 1. The van der Waals surface area contributed by atoms with E-state index in [2.05, 4.69) is 10.4 Å². The molecule has 2 N–H and O–H groups in total. The molecule has 0 fully saturated rings. The molecular formula is C21H21F2N3O2S. The molecule has 152 valence electrons. The molecule has 4 rings (SSSR count). The number of rotatable bonds is 4. The summed E-state index contributed by atoms with van der Waals surface area (Å²) in [6.45, 7) is 2.03. The van der Waals surface area contributed by atoms with Crippen LogP contribution >= 0.6 is 11.8 Å². The molecule has 8 heteroatoms. The predicted molar refractivity (Wildman–Crippen MR) is 109 cm³/mol. The Bertz CT molecular complexity index is 984. The predicted octanol–water partition coefficient (Wildman–Crippen LogP) is 3.89. The molecule has 0 saturated carbocycles. The van der Waals surface area contributed by atoms with Crippen LogP contribution in [0.2, 0.25) is 0 Å². The first-order valence-corrected chi connectivity index (χ1v) is 10.3. The van der Waals surface area contributed by atoms with E-state index < -0.39 is 16.5 Å². The molecule has 2 heterocycles. The van der Waals surface area contributed by atoms with Crippen molar-refractivity contribution in [3.63, 3.8) is 0 Å². The molecule has 0 unspecified atom stereocenters. The number of thioether (sulfide) groups is 1. The second kappa shape index (κ2) is 7.76. The average molecular weight is 417 g/mol. The minimum Gasteiger partial charge on any atom is -0.396 e. The fraction of sp³-hybridized carbons (Fsp3) is 0.333. The number of carbonyl (C=O) groups excluding carboxylic acids is 1. The topological polar surface area (TPSA) is 64.9 Å². The Labute approximate surface area is 171 Å². The Morgan fingerprint density at radius 1 is 1.34 bits per heavy atom. The molecule has 2 aromatic rings. The molecular weight excluding hydrogens is 396 g/mol. The second-order valence-corrected chi connectivity index (χ2v) is 8.36. The van der Waals surface area contributed by atoms with E-state index >= 15 is 0 Å². The smallest absolute Gasteiger partial charge is 0.241 e. The SMILES string of the molecule is CC(=O)N1N=C(c2cc(F)ccc2F)S[C@@]12c1ccccc1NC[C@@H]2CCCO. The summed E-state index contributed by atoms with van der Waals surface area (Å²) in [6, 6.07) is 10.9. The fourth-order valence-electron chi connectivity index (χ4n) is 4.05. The Morgan fingerprint density at radius 2 is 2.14 bits per heavy atom. The lowest BCUT2D eigenvalue weighted by Crippen LogP contribution is -2.51. The summed E-state index contributed by atoms with van der Waals surface area (Å²) in [5, 5.41) is 18.9. The van der Waals surface area contributed by atoms with Crippen molar-refractivity contribution in [2.75, 3.05) is 18.5 Å². The summed E-state index contributed by atoms with van der Waals surface area (Å²) in [6.07, 6.45) is 1.20. The van der Waals surface area contributed by atoms with Gasteiger partial charge in [0.2, 0.25) is 5.91 Å². The Balaban J connectivity index is 1.87. The molecule has 0 saturated heterocycles. The van der Waals surface area contributed by atoms with Gasteiger partial charge in [0.15, 0.2) is 0 Å². The molecule has 29 heavy (non-hydrogen) atoms. The first-order chi connectivity index (χ1) is 14.0. The summed E-state index contributed by atoms with van der Waals surface area (Å²) >= 11 is 1.27. The van der Waals surface area contributed by atoms with Crippen molar-refractivity contribution in [2.45, 2.75) is 24.6 Å². The number of nitrogens with one attached hydrogen (secondary N) is 1. The van der Waals surface area contributed by atoms with Gasteiger partial charge >= 0.3 is 0 Å². The van der Waals surface area contributed by atoms with Crippen LogP contribution in [0, 0.1) is 17.6 Å². The standard InChI is InChI=1S/C21H21F2N3O2S/c1-13(28)26-21(29-20(25-26)16-11-15(22)8-9-18(16)23)14(5-4-10-27)12-24-19-7-3-2-6-17(19)21/h2-3,6-9,11,14,24,27H,4-5,10,12H2,1H3/t14-,21-/m0/s1. The van der Waals surface area contributed by atoms with Gasteiger partial charge in [0, 0.05) is 42.8 Å². The molecule has 1 amide bonds. The van der Waals surface area contributed by atoms with E-state index in [-0.39, 0.29) is 29.0 Å². The largest absolute Gasteiger partial charge is 0.396 e. The highest BCUT2D eigenvalue weighted by Gasteiger charge is 2.55. The van der Waals surface area contributed by atoms with Crippen molar-refractivity contribution in [3.8, 4) is 0 Å². The van der Waals surface area contributed by atoms with Crippen LogP contribution in [0.25, 0.3) is 0 Å². The van der Waals surface area contributed by atoms with Gasteiger partial charge in [-0.15, -0.1) is 0 Å². The van der Waals surface area contributed by atoms with Gasteiger partial charge in [0.25, 0.3) is 0 Å². The van der Waals surface area contributed by atoms with Gasteiger partial charge in [0.05, 0.1) is 0 Å². The van der Waals surface area contributed by atoms with E-state index in [0.717, 1.165) is 29.4 Å². The zero-order chi connectivity index (χ0) is 20.6. The van der Waals surface area contributed by atoms with E-state index in [0.29, 0.717) is 19.4 Å². The lowest BCUT2D eigenvalue weighted by atomic mass is 9.84. The van der Waals surface area contributed by atoms with Gasteiger partial charge in [-0.05, 0) is 37.1 Å². The number of hydrazone groups is 1. The van der Waals surface area contributed by atoms with Crippen LogP contribution in [-0.4, -0.2) is 34.2 Å². The Kier molecular flexibility index (Phi) is 5.31. The molecule has 0 radical (unpaired) electrons. The number of benzene rings is 2. The van der Waals surface area contributed by atoms with Crippen LogP contribution in [-0.2, 0) is 9.67 Å². The number of anilines is 1. The summed E-state index contributed by atoms with van der Waals surface area (Å²) in [5.74, 6) is -1.53. The summed E-state index contributed by atoms with van der Waals surface area (Å²) in [4.78, 5) is 11.8. The maximum absolute atomic E-state index is 14.5. The normalized spacial score (nSPS) is 23.0. The van der Waals surface area contributed by atoms with Gasteiger partial charge in [-0.25, -0.2) is 13.8 Å². The zero-order valence-electron chi connectivity index (χ0n) is 15.9. The van der Waals surface area contributed by atoms with Gasteiger partial charge < -0.3 is 10.4 Å². The van der Waals surface area contributed by atoms with Crippen LogP contribution in [0.3, 0.4) is 0 Å². The average Bonchev–Trinajstić information content (AvgIpc) is 3.11. The van der Waals surface area contributed by atoms with Crippen molar-refractivity contribution in [1.29, 1.82) is 0 Å². The van der Waals surface area contributed by atoms with Crippen molar-refractivity contribution in [1.82, 2.24) is 5.01 Å². The number of aliphatic hydroxyl groups is 1. The van der Waals surface area contributed by atoms with Crippen LogP contribution in [0.15, 0.2) is 47.6 Å². The number of halogens is 2. The van der Waals surface area contributed by atoms with Crippen LogP contribution in [0.5, 0.6) is 0 Å². The monoisotopic (exact) mass is 417 g/mol. The minimum atomic E-state index is -0.892. The first kappa shape index (κ1) is 19.8. The lowest BCUT2D eigenvalue weighted by molar-refractivity contribution is -0.133. The second-order valence-electron chi connectivity index (χ2n) is 7.15. The van der Waals surface area contributed by atoms with E-state index in [1.807, 2.05) is 24.3 Å². The van der Waals surface area contributed by atoms with E-state index in [1.165, 1.54) is 23.7 Å². The van der Waals surface area contributed by atoms with E-state index in [9.17, 15) is 18.7 Å². The van der Waals surface area contributed by atoms with Crippen LogP contribution in [0.4, 0.5) is 14.5 Å². The van der Waals surface area contributed by atoms with Gasteiger partial charge in [-0.2, -0.15) is 5.10 Å². The summed E-state index contributed by atoms with van der Waals surface area (Å²) < 4.78 is 28.3. The molecule has 2 aliphatic rings. The number of para-hydroxylation sites is 1. The minimum absolute atomic E-state index is 0.0329. The fourth-order valence-corrected chi connectivity index (χ4v) is 5.65. The molecule has 1 spiro atoms. The van der Waals surface area contributed by atoms with Crippen molar-refractivity contribution in [2.24, 2.45) is 11.0 Å². The molecule has 2 atom stereocenters. The van der Waals surface area contributed by atoms with E-state index in [4.69, 9.17) is 0 Å². The number of fused-ring (bicyclic) bond motifs is 2. The Morgan fingerprint density at radius 3 is 2.90 bits per heavy atom. The van der Waals surface area contributed by atoms with Crippen LogP contribution < -0.4 is 5.32 Å². The number of carbonyl (C=O) groups is 1. The molecule has 0 aromatic heterocycles. The molecule has 0 bridgehead atoms. The van der Waals surface area contributed by atoms with E-state index in [1.54, 1.807) is 0 Å². The Hall–Kier alpha value is -2.45. The third-order valence-electron chi connectivity index (χ3n) is 5.33. The molecule has 2 aliphatic heterocycles. The number of hydrogen-bond acceptors (Lipinski definition) is 5. The van der Waals surface area contributed by atoms with Crippen LogP contribution in [0.1, 0.15) is 30.9 Å². The highest BCUT2D eigenvalue weighted by Crippen LogP contribution is 2.57. The highest BCUT2D eigenvalue weighted by atomic mass is 32.2. The van der Waals surface area contributed by atoms with Gasteiger partial charge in [-0.1, -0.05) is 30.0 Å².